The number of hydrogen-bond acceptors (Lipinski definition) is 3. The van der Waals surface area contributed by atoms with E-state index in [1.165, 1.54) is 0 Å². The molecule has 0 fully saturated rings. The van der Waals surface area contributed by atoms with E-state index in [9.17, 15) is 17.4 Å². The number of nitrogen functional groups attached to an aromatic ring is 1. The van der Waals surface area contributed by atoms with Gasteiger partial charge in [0.2, 0.25) is 0 Å². The summed E-state index contributed by atoms with van der Waals surface area (Å²) >= 11 is 0. The molecule has 0 bridgehead atoms. The number of nitrogens with two attached hydrogens (primary N) is 1. The SMILES string of the molecule is CCCOCCS(=O)c1ccc(C(F)(F)F)cc1N. The van der Waals surface area contributed by atoms with Gasteiger partial charge in [-0.2, -0.15) is 13.2 Å². The summed E-state index contributed by atoms with van der Waals surface area (Å²) < 4.78 is 54.3. The summed E-state index contributed by atoms with van der Waals surface area (Å²) in [6.07, 6.45) is -3.59. The van der Waals surface area contributed by atoms with E-state index in [0.717, 1.165) is 24.6 Å². The largest absolute Gasteiger partial charge is 0.416 e. The molecule has 1 aromatic rings. The van der Waals surface area contributed by atoms with Crippen molar-refractivity contribution in [2.24, 2.45) is 0 Å². The Labute approximate surface area is 112 Å². The predicted octanol–water partition coefficient (Wildman–Crippen LogP) is 2.82. The highest BCUT2D eigenvalue weighted by Gasteiger charge is 2.31. The number of benzene rings is 1. The molecular weight excluding hydrogens is 279 g/mol. The third-order valence-corrected chi connectivity index (χ3v) is 3.74. The smallest absolute Gasteiger partial charge is 0.398 e. The molecule has 3 nitrogen and oxygen atoms in total. The van der Waals surface area contributed by atoms with E-state index >= 15 is 0 Å². The molecule has 19 heavy (non-hydrogen) atoms. The summed E-state index contributed by atoms with van der Waals surface area (Å²) in [5.41, 5.74) is 4.57. The van der Waals surface area contributed by atoms with Gasteiger partial charge >= 0.3 is 6.18 Å². The first-order chi connectivity index (χ1) is 8.86. The Morgan fingerprint density at radius 2 is 2.00 bits per heavy atom. The fourth-order valence-corrected chi connectivity index (χ4v) is 2.45. The zero-order valence-electron chi connectivity index (χ0n) is 10.5. The second-order valence-electron chi connectivity index (χ2n) is 3.91. The first-order valence-electron chi connectivity index (χ1n) is 5.79. The second kappa shape index (κ2) is 6.91. The van der Waals surface area contributed by atoms with Gasteiger partial charge in [0.15, 0.2) is 0 Å². The average Bonchev–Trinajstić information content (AvgIpc) is 2.33. The van der Waals surface area contributed by atoms with Gasteiger partial charge in [-0.15, -0.1) is 0 Å². The molecule has 0 aliphatic rings. The van der Waals surface area contributed by atoms with Gasteiger partial charge in [-0.3, -0.25) is 4.21 Å². The number of ether oxygens (including phenoxy) is 1. The van der Waals surface area contributed by atoms with Crippen LogP contribution in [-0.4, -0.2) is 23.2 Å². The standard InChI is InChI=1S/C12H16F3NO2S/c1-2-5-18-6-7-19(17)11-4-3-9(8-10(11)16)12(13,14)15/h3-4,8H,2,5-7,16H2,1H3. The summed E-state index contributed by atoms with van der Waals surface area (Å²) in [7, 11) is -1.45. The molecule has 1 atom stereocenters. The Kier molecular flexibility index (Phi) is 5.81. The molecule has 0 spiro atoms. The molecule has 7 heteroatoms. The molecule has 0 aromatic heterocycles. The van der Waals surface area contributed by atoms with Crippen molar-refractivity contribution in [1.29, 1.82) is 0 Å². The summed E-state index contributed by atoms with van der Waals surface area (Å²) in [6, 6.07) is 2.85. The Balaban J connectivity index is 2.71. The van der Waals surface area contributed by atoms with E-state index < -0.39 is 22.5 Å². The van der Waals surface area contributed by atoms with Crippen molar-refractivity contribution >= 4 is 16.5 Å². The van der Waals surface area contributed by atoms with Gasteiger partial charge in [0.1, 0.15) is 0 Å². The van der Waals surface area contributed by atoms with Crippen LogP contribution in [0.2, 0.25) is 0 Å². The zero-order chi connectivity index (χ0) is 14.5. The minimum atomic E-state index is -4.45. The van der Waals surface area contributed by atoms with E-state index in [0.29, 0.717) is 13.2 Å². The highest BCUT2D eigenvalue weighted by Crippen LogP contribution is 2.32. The molecule has 1 aromatic carbocycles. The minimum absolute atomic E-state index is 0.108. The van der Waals surface area contributed by atoms with Crippen LogP contribution in [0.25, 0.3) is 0 Å². The lowest BCUT2D eigenvalue weighted by atomic mass is 10.2. The van der Waals surface area contributed by atoms with E-state index in [1.807, 2.05) is 6.92 Å². The fourth-order valence-electron chi connectivity index (χ4n) is 1.42. The van der Waals surface area contributed by atoms with Crippen LogP contribution in [0.15, 0.2) is 23.1 Å². The van der Waals surface area contributed by atoms with Crippen LogP contribution >= 0.6 is 0 Å². The van der Waals surface area contributed by atoms with Gasteiger partial charge in [-0.25, -0.2) is 0 Å². The fraction of sp³-hybridized carbons (Fsp3) is 0.500. The lowest BCUT2D eigenvalue weighted by molar-refractivity contribution is -0.137. The first-order valence-corrected chi connectivity index (χ1v) is 7.11. The lowest BCUT2D eigenvalue weighted by Crippen LogP contribution is -2.11. The van der Waals surface area contributed by atoms with Crippen molar-refractivity contribution in [3.8, 4) is 0 Å². The lowest BCUT2D eigenvalue weighted by Gasteiger charge is -2.10. The van der Waals surface area contributed by atoms with Crippen molar-refractivity contribution in [2.75, 3.05) is 24.7 Å². The second-order valence-corrected chi connectivity index (χ2v) is 5.45. The van der Waals surface area contributed by atoms with Crippen molar-refractivity contribution in [3.63, 3.8) is 0 Å². The highest BCUT2D eigenvalue weighted by atomic mass is 32.2. The number of alkyl halides is 3. The number of hydrogen-bond donors (Lipinski definition) is 1. The van der Waals surface area contributed by atoms with Crippen LogP contribution in [0.5, 0.6) is 0 Å². The Bertz CT molecular complexity index is 449. The molecule has 0 aliphatic carbocycles. The molecule has 0 saturated heterocycles. The van der Waals surface area contributed by atoms with Gasteiger partial charge in [-0.05, 0) is 24.6 Å². The zero-order valence-corrected chi connectivity index (χ0v) is 11.3. The molecule has 0 radical (unpaired) electrons. The minimum Gasteiger partial charge on any atom is -0.398 e. The normalized spacial score (nSPS) is 13.5. The van der Waals surface area contributed by atoms with Crippen LogP contribution < -0.4 is 5.73 Å². The molecule has 1 unspecified atom stereocenters. The number of anilines is 1. The number of rotatable bonds is 6. The summed E-state index contributed by atoms with van der Waals surface area (Å²) in [6.45, 7) is 2.81. The van der Waals surface area contributed by atoms with Gasteiger partial charge in [-0.1, -0.05) is 6.92 Å². The Hall–Kier alpha value is -1.08. The van der Waals surface area contributed by atoms with Crippen LogP contribution in [0, 0.1) is 0 Å². The van der Waals surface area contributed by atoms with E-state index in [-0.39, 0.29) is 16.3 Å². The van der Waals surface area contributed by atoms with E-state index in [4.69, 9.17) is 10.5 Å². The number of halogens is 3. The van der Waals surface area contributed by atoms with E-state index in [2.05, 4.69) is 0 Å². The maximum atomic E-state index is 12.4. The quantitative estimate of drug-likeness (QED) is 0.648. The molecule has 0 aliphatic heterocycles. The topological polar surface area (TPSA) is 52.3 Å². The maximum absolute atomic E-state index is 12.4. The molecule has 1 rings (SSSR count). The van der Waals surface area contributed by atoms with Crippen molar-refractivity contribution in [3.05, 3.63) is 23.8 Å². The third-order valence-electron chi connectivity index (χ3n) is 2.34. The molecule has 0 amide bonds. The van der Waals surface area contributed by atoms with Gasteiger partial charge in [0.05, 0.1) is 33.6 Å². The highest BCUT2D eigenvalue weighted by molar-refractivity contribution is 7.85. The van der Waals surface area contributed by atoms with Crippen LogP contribution in [0.1, 0.15) is 18.9 Å². The molecule has 0 heterocycles. The van der Waals surface area contributed by atoms with Gasteiger partial charge in [0, 0.05) is 12.3 Å². The predicted molar refractivity (Wildman–Crippen MR) is 68.2 cm³/mol. The Morgan fingerprint density at radius 3 is 2.53 bits per heavy atom. The van der Waals surface area contributed by atoms with Crippen molar-refractivity contribution in [1.82, 2.24) is 0 Å². The van der Waals surface area contributed by atoms with E-state index in [1.54, 1.807) is 0 Å². The summed E-state index contributed by atoms with van der Waals surface area (Å²) in [5, 5.41) is 0. The van der Waals surface area contributed by atoms with Crippen molar-refractivity contribution in [2.45, 2.75) is 24.4 Å². The van der Waals surface area contributed by atoms with Gasteiger partial charge < -0.3 is 10.5 Å². The molecular formula is C12H16F3NO2S. The molecule has 2 N–H and O–H groups in total. The third kappa shape index (κ3) is 4.83. The monoisotopic (exact) mass is 295 g/mol. The molecule has 108 valence electrons. The summed E-state index contributed by atoms with van der Waals surface area (Å²) in [5.74, 6) is 0.218. The summed E-state index contributed by atoms with van der Waals surface area (Å²) in [4.78, 5) is 0.216. The average molecular weight is 295 g/mol. The Morgan fingerprint density at radius 1 is 1.32 bits per heavy atom. The van der Waals surface area contributed by atoms with Crippen LogP contribution in [0.3, 0.4) is 0 Å². The van der Waals surface area contributed by atoms with Gasteiger partial charge in [0.25, 0.3) is 0 Å². The van der Waals surface area contributed by atoms with Crippen LogP contribution in [-0.2, 0) is 21.7 Å². The van der Waals surface area contributed by atoms with Crippen molar-refractivity contribution < 1.29 is 22.1 Å². The first kappa shape index (κ1) is 16.0. The maximum Gasteiger partial charge on any atom is 0.416 e. The van der Waals surface area contributed by atoms with Crippen LogP contribution in [0.4, 0.5) is 18.9 Å². The molecule has 0 saturated carbocycles.